The molecule has 1 aromatic heterocycles. The first-order valence-corrected chi connectivity index (χ1v) is 8.99. The summed E-state index contributed by atoms with van der Waals surface area (Å²) in [6, 6.07) is 6.85. The van der Waals surface area contributed by atoms with Crippen LogP contribution in [0.2, 0.25) is 0 Å². The lowest BCUT2D eigenvalue weighted by Crippen LogP contribution is -2.35. The highest BCUT2D eigenvalue weighted by molar-refractivity contribution is 5.86. The normalized spacial score (nSPS) is 22.2. The molecule has 23 heavy (non-hydrogen) atoms. The molecule has 2 aliphatic rings. The van der Waals surface area contributed by atoms with Crippen molar-refractivity contribution in [3.8, 4) is 5.75 Å². The van der Waals surface area contributed by atoms with E-state index in [-0.39, 0.29) is 0 Å². The number of ether oxygens (including phenoxy) is 1. The van der Waals surface area contributed by atoms with Crippen LogP contribution >= 0.6 is 0 Å². The molecule has 4 rings (SSSR count). The van der Waals surface area contributed by atoms with Gasteiger partial charge in [-0.1, -0.05) is 6.42 Å². The number of rotatable bonds is 4. The molecular weight excluding hydrogens is 286 g/mol. The van der Waals surface area contributed by atoms with Gasteiger partial charge in [0.15, 0.2) is 0 Å². The molecule has 1 fully saturated rings. The van der Waals surface area contributed by atoms with Crippen LogP contribution in [0.1, 0.15) is 43.0 Å². The summed E-state index contributed by atoms with van der Waals surface area (Å²) in [6.07, 6.45) is 6.45. The summed E-state index contributed by atoms with van der Waals surface area (Å²) in [5, 5.41) is 5.08. The highest BCUT2D eigenvalue weighted by Crippen LogP contribution is 2.33. The summed E-state index contributed by atoms with van der Waals surface area (Å²) in [5.41, 5.74) is 4.11. The van der Waals surface area contributed by atoms with E-state index in [1.807, 2.05) is 0 Å². The molecule has 1 aromatic carbocycles. The van der Waals surface area contributed by atoms with E-state index in [1.165, 1.54) is 67.5 Å². The van der Waals surface area contributed by atoms with Crippen LogP contribution in [0.5, 0.6) is 5.75 Å². The molecule has 1 saturated heterocycles. The third-order valence-electron chi connectivity index (χ3n) is 5.44. The van der Waals surface area contributed by atoms with Gasteiger partial charge < -0.3 is 19.9 Å². The number of nitrogens with one attached hydrogen (secondary N) is 2. The average Bonchev–Trinajstić information content (AvgIpc) is 2.99. The number of benzene rings is 1. The highest BCUT2D eigenvalue weighted by Gasteiger charge is 2.24. The van der Waals surface area contributed by atoms with E-state index in [1.54, 1.807) is 7.11 Å². The summed E-state index contributed by atoms with van der Waals surface area (Å²) in [7, 11) is 1.73. The third kappa shape index (κ3) is 2.98. The number of aromatic nitrogens is 1. The lowest BCUT2D eigenvalue weighted by Gasteiger charge is -2.30. The van der Waals surface area contributed by atoms with Crippen LogP contribution < -0.4 is 10.1 Å². The second-order valence-electron chi connectivity index (χ2n) is 6.88. The van der Waals surface area contributed by atoms with Gasteiger partial charge in [-0.2, -0.15) is 0 Å². The minimum absolute atomic E-state index is 0.457. The van der Waals surface area contributed by atoms with Crippen LogP contribution in [0.4, 0.5) is 0 Å². The SMILES string of the molecule is COc1ccc2c3c([nH]c2c1)[C@H](CCN1CCCCC1)NCC3. The number of nitrogens with zero attached hydrogens (tertiary/aromatic N) is 1. The molecule has 2 aliphatic heterocycles. The van der Waals surface area contributed by atoms with Crippen molar-refractivity contribution in [2.75, 3.05) is 33.3 Å². The highest BCUT2D eigenvalue weighted by atomic mass is 16.5. The zero-order valence-corrected chi connectivity index (χ0v) is 14.0. The Morgan fingerprint density at radius 1 is 1.22 bits per heavy atom. The van der Waals surface area contributed by atoms with Crippen LogP contribution in [-0.4, -0.2) is 43.2 Å². The van der Waals surface area contributed by atoms with Gasteiger partial charge in [0.25, 0.3) is 0 Å². The van der Waals surface area contributed by atoms with Crippen molar-refractivity contribution in [3.63, 3.8) is 0 Å². The molecule has 0 saturated carbocycles. The van der Waals surface area contributed by atoms with Gasteiger partial charge in [-0.25, -0.2) is 0 Å². The van der Waals surface area contributed by atoms with Gasteiger partial charge in [0.2, 0.25) is 0 Å². The second-order valence-corrected chi connectivity index (χ2v) is 6.88. The predicted molar refractivity (Wildman–Crippen MR) is 94.2 cm³/mol. The third-order valence-corrected chi connectivity index (χ3v) is 5.44. The quantitative estimate of drug-likeness (QED) is 0.910. The molecule has 1 atom stereocenters. The molecule has 0 unspecified atom stereocenters. The van der Waals surface area contributed by atoms with Crippen LogP contribution in [0.3, 0.4) is 0 Å². The molecule has 0 aliphatic carbocycles. The van der Waals surface area contributed by atoms with Crippen molar-refractivity contribution < 1.29 is 4.74 Å². The van der Waals surface area contributed by atoms with Crippen molar-refractivity contribution in [1.29, 1.82) is 0 Å². The Bertz CT molecular complexity index is 673. The molecule has 0 spiro atoms. The Kier molecular flexibility index (Phi) is 4.27. The maximum absolute atomic E-state index is 5.37. The number of methoxy groups -OCH3 is 1. The Hall–Kier alpha value is -1.52. The summed E-state index contributed by atoms with van der Waals surface area (Å²) >= 11 is 0. The van der Waals surface area contributed by atoms with Crippen LogP contribution in [-0.2, 0) is 6.42 Å². The Morgan fingerprint density at radius 3 is 2.91 bits per heavy atom. The summed E-state index contributed by atoms with van der Waals surface area (Å²) in [4.78, 5) is 6.30. The van der Waals surface area contributed by atoms with E-state index in [4.69, 9.17) is 4.74 Å². The first-order valence-electron chi connectivity index (χ1n) is 8.99. The monoisotopic (exact) mass is 313 g/mol. The zero-order chi connectivity index (χ0) is 15.6. The summed E-state index contributed by atoms with van der Waals surface area (Å²) in [6.45, 7) is 4.85. The van der Waals surface area contributed by atoms with E-state index in [2.05, 4.69) is 33.4 Å². The largest absolute Gasteiger partial charge is 0.497 e. The minimum Gasteiger partial charge on any atom is -0.497 e. The van der Waals surface area contributed by atoms with Crippen molar-refractivity contribution in [3.05, 3.63) is 29.5 Å². The van der Waals surface area contributed by atoms with E-state index in [9.17, 15) is 0 Å². The lowest BCUT2D eigenvalue weighted by atomic mass is 9.97. The topological polar surface area (TPSA) is 40.3 Å². The fourth-order valence-electron chi connectivity index (χ4n) is 4.16. The zero-order valence-electron chi connectivity index (χ0n) is 14.0. The van der Waals surface area contributed by atoms with E-state index in [0.717, 1.165) is 18.7 Å². The standard InChI is InChI=1S/C19H27N3O/c1-23-14-5-6-15-16-7-9-20-17(19(16)21-18(15)13-14)8-12-22-10-3-2-4-11-22/h5-6,13,17,20-21H,2-4,7-12H2,1H3/t17-/m0/s1. The fraction of sp³-hybridized carbons (Fsp3) is 0.579. The van der Waals surface area contributed by atoms with Crippen molar-refractivity contribution in [2.24, 2.45) is 0 Å². The van der Waals surface area contributed by atoms with E-state index >= 15 is 0 Å². The van der Waals surface area contributed by atoms with Gasteiger partial charge >= 0.3 is 0 Å². The number of aromatic amines is 1. The van der Waals surface area contributed by atoms with Gasteiger partial charge in [-0.05, 0) is 69.6 Å². The number of fused-ring (bicyclic) bond motifs is 3. The van der Waals surface area contributed by atoms with Crippen molar-refractivity contribution >= 4 is 10.9 Å². The Balaban J connectivity index is 1.55. The molecule has 0 radical (unpaired) electrons. The molecular formula is C19H27N3O. The molecule has 2 aromatic rings. The van der Waals surface area contributed by atoms with Gasteiger partial charge in [0.05, 0.1) is 7.11 Å². The van der Waals surface area contributed by atoms with Gasteiger partial charge in [-0.15, -0.1) is 0 Å². The molecule has 2 N–H and O–H groups in total. The Labute approximate surface area is 138 Å². The first-order chi connectivity index (χ1) is 11.3. The van der Waals surface area contributed by atoms with Crippen molar-refractivity contribution in [1.82, 2.24) is 15.2 Å². The molecule has 4 heteroatoms. The number of piperidine rings is 1. The van der Waals surface area contributed by atoms with Crippen LogP contribution in [0, 0.1) is 0 Å². The smallest absolute Gasteiger partial charge is 0.120 e. The van der Waals surface area contributed by atoms with Gasteiger partial charge in [0, 0.05) is 28.7 Å². The molecule has 0 amide bonds. The number of H-pyrrole nitrogens is 1. The van der Waals surface area contributed by atoms with Crippen LogP contribution in [0.15, 0.2) is 18.2 Å². The lowest BCUT2D eigenvalue weighted by molar-refractivity contribution is 0.215. The van der Waals surface area contributed by atoms with Crippen molar-refractivity contribution in [2.45, 2.75) is 38.1 Å². The van der Waals surface area contributed by atoms with Crippen LogP contribution in [0.25, 0.3) is 10.9 Å². The van der Waals surface area contributed by atoms with Gasteiger partial charge in [0.1, 0.15) is 5.75 Å². The number of hydrogen-bond donors (Lipinski definition) is 2. The maximum atomic E-state index is 5.37. The maximum Gasteiger partial charge on any atom is 0.120 e. The number of hydrogen-bond acceptors (Lipinski definition) is 3. The first kappa shape index (κ1) is 15.0. The number of likely N-dealkylation sites (tertiary alicyclic amines) is 1. The summed E-state index contributed by atoms with van der Waals surface area (Å²) < 4.78 is 5.37. The van der Waals surface area contributed by atoms with Gasteiger partial charge in [-0.3, -0.25) is 0 Å². The molecule has 4 nitrogen and oxygen atoms in total. The second kappa shape index (κ2) is 6.54. The molecule has 124 valence electrons. The van der Waals surface area contributed by atoms with E-state index in [0.29, 0.717) is 6.04 Å². The molecule has 3 heterocycles. The average molecular weight is 313 g/mol. The minimum atomic E-state index is 0.457. The fourth-order valence-corrected chi connectivity index (χ4v) is 4.16. The van der Waals surface area contributed by atoms with E-state index < -0.39 is 0 Å². The summed E-state index contributed by atoms with van der Waals surface area (Å²) in [5.74, 6) is 0.925. The predicted octanol–water partition coefficient (Wildman–Crippen LogP) is 3.24. The Morgan fingerprint density at radius 2 is 2.09 bits per heavy atom. The molecule has 0 bridgehead atoms.